The number of guanidine groups is 1. The molecule has 5 nitrogen and oxygen atoms in total. The molecule has 1 aromatic rings. The molecule has 0 atom stereocenters. The van der Waals surface area contributed by atoms with Gasteiger partial charge in [0.1, 0.15) is 0 Å². The molecule has 0 fully saturated rings. The molecule has 0 heterocycles. The maximum Gasteiger partial charge on any atom is 0.191 e. The summed E-state index contributed by atoms with van der Waals surface area (Å²) in [5, 5.41) is 6.62. The van der Waals surface area contributed by atoms with E-state index in [4.69, 9.17) is 9.47 Å². The molecule has 0 aliphatic carbocycles. The molecule has 2 N–H and O–H groups in total. The van der Waals surface area contributed by atoms with Crippen molar-refractivity contribution in [3.05, 3.63) is 23.8 Å². The van der Waals surface area contributed by atoms with Gasteiger partial charge < -0.3 is 20.1 Å². The van der Waals surface area contributed by atoms with Crippen LogP contribution in [-0.4, -0.2) is 33.3 Å². The lowest BCUT2D eigenvalue weighted by Crippen LogP contribution is -2.37. The van der Waals surface area contributed by atoms with Gasteiger partial charge in [-0.1, -0.05) is 19.9 Å². The van der Waals surface area contributed by atoms with Gasteiger partial charge in [0.05, 0.1) is 13.7 Å². The Balaban J connectivity index is 2.55. The van der Waals surface area contributed by atoms with Gasteiger partial charge in [-0.15, -0.1) is 0 Å². The summed E-state index contributed by atoms with van der Waals surface area (Å²) >= 11 is 0. The predicted molar refractivity (Wildman–Crippen MR) is 91.8 cm³/mol. The van der Waals surface area contributed by atoms with Gasteiger partial charge in [-0.05, 0) is 37.0 Å². The van der Waals surface area contributed by atoms with Crippen LogP contribution in [0.1, 0.15) is 32.8 Å². The van der Waals surface area contributed by atoms with Gasteiger partial charge >= 0.3 is 0 Å². The Morgan fingerprint density at radius 2 is 2.00 bits per heavy atom. The van der Waals surface area contributed by atoms with Gasteiger partial charge in [-0.2, -0.15) is 0 Å². The van der Waals surface area contributed by atoms with Crippen LogP contribution in [0.2, 0.25) is 0 Å². The summed E-state index contributed by atoms with van der Waals surface area (Å²) in [4.78, 5) is 4.23. The second-order valence-electron chi connectivity index (χ2n) is 5.45. The van der Waals surface area contributed by atoms with E-state index in [0.29, 0.717) is 19.1 Å². The fraction of sp³-hybridized carbons (Fsp3) is 0.588. The highest BCUT2D eigenvalue weighted by Crippen LogP contribution is 2.27. The third kappa shape index (κ3) is 6.24. The summed E-state index contributed by atoms with van der Waals surface area (Å²) in [6.07, 6.45) is 1.12. The molecule has 0 bridgehead atoms. The zero-order chi connectivity index (χ0) is 16.4. The van der Waals surface area contributed by atoms with Crippen LogP contribution in [0.25, 0.3) is 0 Å². The maximum atomic E-state index is 5.52. The Morgan fingerprint density at radius 1 is 1.23 bits per heavy atom. The van der Waals surface area contributed by atoms with E-state index < -0.39 is 0 Å². The lowest BCUT2D eigenvalue weighted by atomic mass is 10.1. The van der Waals surface area contributed by atoms with Crippen LogP contribution in [0.4, 0.5) is 0 Å². The van der Waals surface area contributed by atoms with E-state index in [9.17, 15) is 0 Å². The van der Waals surface area contributed by atoms with Crippen molar-refractivity contribution < 1.29 is 9.47 Å². The molecular weight excluding hydrogens is 278 g/mol. The topological polar surface area (TPSA) is 54.9 Å². The van der Waals surface area contributed by atoms with Crippen LogP contribution in [0.5, 0.6) is 11.5 Å². The third-order valence-corrected chi connectivity index (χ3v) is 3.23. The third-order valence-electron chi connectivity index (χ3n) is 3.23. The lowest BCUT2D eigenvalue weighted by Gasteiger charge is -2.14. The van der Waals surface area contributed by atoms with Gasteiger partial charge in [0, 0.05) is 20.1 Å². The second-order valence-corrected chi connectivity index (χ2v) is 5.45. The van der Waals surface area contributed by atoms with Crippen molar-refractivity contribution in [1.29, 1.82) is 0 Å². The Hall–Kier alpha value is -1.91. The SMILES string of the molecule is CCOc1ccc(CNC(=NC)NCCC(C)C)cc1OC. The standard InChI is InChI=1S/C17H29N3O2/c1-6-22-15-8-7-14(11-16(15)21-5)12-20-17(18-4)19-10-9-13(2)3/h7-8,11,13H,6,9-10,12H2,1-5H3,(H2,18,19,20). The smallest absolute Gasteiger partial charge is 0.191 e. The highest BCUT2D eigenvalue weighted by molar-refractivity contribution is 5.79. The van der Waals surface area contributed by atoms with Gasteiger partial charge in [-0.3, -0.25) is 4.99 Å². The summed E-state index contributed by atoms with van der Waals surface area (Å²) in [6.45, 7) is 8.62. The maximum absolute atomic E-state index is 5.52. The number of nitrogens with zero attached hydrogens (tertiary/aromatic N) is 1. The van der Waals surface area contributed by atoms with Gasteiger partial charge in [0.15, 0.2) is 17.5 Å². The van der Waals surface area contributed by atoms with Crippen molar-refractivity contribution in [2.24, 2.45) is 10.9 Å². The number of methoxy groups -OCH3 is 1. The number of benzene rings is 1. The Morgan fingerprint density at radius 3 is 2.59 bits per heavy atom. The molecule has 1 aromatic carbocycles. The number of hydrogen-bond donors (Lipinski definition) is 2. The first-order valence-electron chi connectivity index (χ1n) is 7.84. The first-order valence-corrected chi connectivity index (χ1v) is 7.84. The lowest BCUT2D eigenvalue weighted by molar-refractivity contribution is 0.310. The molecule has 0 aliphatic rings. The van der Waals surface area contributed by atoms with E-state index in [0.717, 1.165) is 36.0 Å². The van der Waals surface area contributed by atoms with Gasteiger partial charge in [0.25, 0.3) is 0 Å². The molecular formula is C17H29N3O2. The van der Waals surface area contributed by atoms with Gasteiger partial charge in [0.2, 0.25) is 0 Å². The second kappa shape index (κ2) is 9.92. The largest absolute Gasteiger partial charge is 0.493 e. The highest BCUT2D eigenvalue weighted by Gasteiger charge is 2.06. The summed E-state index contributed by atoms with van der Waals surface area (Å²) in [5.74, 6) is 3.02. The first kappa shape index (κ1) is 18.1. The number of ether oxygens (including phenoxy) is 2. The minimum absolute atomic E-state index is 0.625. The normalized spacial score (nSPS) is 11.5. The molecule has 22 heavy (non-hydrogen) atoms. The van der Waals surface area contributed by atoms with Gasteiger partial charge in [-0.25, -0.2) is 0 Å². The minimum atomic E-state index is 0.625. The number of rotatable bonds is 8. The van der Waals surface area contributed by atoms with Crippen LogP contribution in [0.3, 0.4) is 0 Å². The monoisotopic (exact) mass is 307 g/mol. The number of hydrogen-bond acceptors (Lipinski definition) is 3. The first-order chi connectivity index (χ1) is 10.6. The molecule has 124 valence electrons. The van der Waals surface area contributed by atoms with Crippen molar-refractivity contribution in [3.63, 3.8) is 0 Å². The van der Waals surface area contributed by atoms with Crippen LogP contribution in [-0.2, 0) is 6.54 Å². The molecule has 0 aromatic heterocycles. The molecule has 0 unspecified atom stereocenters. The van der Waals surface area contributed by atoms with E-state index in [1.807, 2.05) is 25.1 Å². The fourth-order valence-corrected chi connectivity index (χ4v) is 1.98. The zero-order valence-corrected chi connectivity index (χ0v) is 14.4. The summed E-state index contributed by atoms with van der Waals surface area (Å²) in [7, 11) is 3.44. The average molecular weight is 307 g/mol. The zero-order valence-electron chi connectivity index (χ0n) is 14.4. The number of nitrogens with one attached hydrogen (secondary N) is 2. The molecule has 0 spiro atoms. The molecule has 0 saturated heterocycles. The van der Waals surface area contributed by atoms with E-state index in [1.54, 1.807) is 14.2 Å². The van der Waals surface area contributed by atoms with Crippen LogP contribution >= 0.6 is 0 Å². The Kier molecular flexibility index (Phi) is 8.18. The van der Waals surface area contributed by atoms with Crippen molar-refractivity contribution in [3.8, 4) is 11.5 Å². The van der Waals surface area contributed by atoms with Crippen molar-refractivity contribution in [2.75, 3.05) is 27.3 Å². The fourth-order valence-electron chi connectivity index (χ4n) is 1.98. The molecule has 5 heteroatoms. The predicted octanol–water partition coefficient (Wildman–Crippen LogP) is 2.81. The summed E-state index contributed by atoms with van der Waals surface area (Å²) in [6, 6.07) is 5.95. The molecule has 0 radical (unpaired) electrons. The molecule has 0 saturated carbocycles. The summed E-state index contributed by atoms with van der Waals surface area (Å²) < 4.78 is 10.9. The summed E-state index contributed by atoms with van der Waals surface area (Å²) in [5.41, 5.74) is 1.12. The van der Waals surface area contributed by atoms with Crippen LogP contribution in [0, 0.1) is 5.92 Å². The molecule has 0 amide bonds. The van der Waals surface area contributed by atoms with E-state index in [-0.39, 0.29) is 0 Å². The number of aliphatic imine (C=N–C) groups is 1. The van der Waals surface area contributed by atoms with Crippen LogP contribution in [0.15, 0.2) is 23.2 Å². The van der Waals surface area contributed by atoms with E-state index >= 15 is 0 Å². The molecule has 1 rings (SSSR count). The quantitative estimate of drug-likeness (QED) is 0.573. The van der Waals surface area contributed by atoms with Crippen molar-refractivity contribution in [2.45, 2.75) is 33.7 Å². The van der Waals surface area contributed by atoms with Crippen molar-refractivity contribution >= 4 is 5.96 Å². The van der Waals surface area contributed by atoms with E-state index in [1.165, 1.54) is 0 Å². The van der Waals surface area contributed by atoms with Crippen molar-refractivity contribution in [1.82, 2.24) is 10.6 Å². The minimum Gasteiger partial charge on any atom is -0.493 e. The Labute approximate surface area is 134 Å². The average Bonchev–Trinajstić information content (AvgIpc) is 2.51. The molecule has 0 aliphatic heterocycles. The highest BCUT2D eigenvalue weighted by atomic mass is 16.5. The van der Waals surface area contributed by atoms with Crippen LogP contribution < -0.4 is 20.1 Å². The van der Waals surface area contributed by atoms with E-state index in [2.05, 4.69) is 29.5 Å². The Bertz CT molecular complexity index is 473.